The van der Waals surface area contributed by atoms with E-state index in [-0.39, 0.29) is 29.5 Å². The number of amides is 1. The molecule has 0 aromatic heterocycles. The van der Waals surface area contributed by atoms with Gasteiger partial charge in [0, 0.05) is 37.5 Å². The molecule has 8 nitrogen and oxygen atoms in total. The van der Waals surface area contributed by atoms with Crippen LogP contribution in [-0.2, 0) is 4.79 Å². The molecule has 0 unspecified atom stereocenters. The van der Waals surface area contributed by atoms with E-state index < -0.39 is 4.92 Å². The number of nitro benzene ring substituents is 1. The molecule has 2 rings (SSSR count). The first-order valence-electron chi connectivity index (χ1n) is 8.89. The Hall–Kier alpha value is -3.42. The van der Waals surface area contributed by atoms with Crippen LogP contribution in [0.5, 0.6) is 5.75 Å². The summed E-state index contributed by atoms with van der Waals surface area (Å²) in [5.41, 5.74) is 2.07. The quantitative estimate of drug-likeness (QED) is 0.383. The molecule has 0 aliphatic rings. The molecule has 8 heteroatoms. The lowest BCUT2D eigenvalue weighted by atomic mass is 10.2. The van der Waals surface area contributed by atoms with Gasteiger partial charge in [-0.3, -0.25) is 19.7 Å². The first-order chi connectivity index (χ1) is 13.4. The topological polar surface area (TPSA) is 102 Å². The molecule has 0 aliphatic heterocycles. The number of ether oxygens (including phenoxy) is 1. The van der Waals surface area contributed by atoms with Gasteiger partial charge in [-0.25, -0.2) is 0 Å². The number of carbonyl (C=O) groups excluding carboxylic acids is 2. The molecule has 2 aromatic rings. The Balaban J connectivity index is 1.84. The molecule has 0 bridgehead atoms. The number of likely N-dealkylation sites (N-methyl/N-ethyl adjacent to an activating group) is 1. The summed E-state index contributed by atoms with van der Waals surface area (Å²) in [6.45, 7) is 5.68. The Morgan fingerprint density at radius 2 is 2.07 bits per heavy atom. The van der Waals surface area contributed by atoms with E-state index in [1.165, 1.54) is 17.7 Å². The van der Waals surface area contributed by atoms with Crippen LogP contribution in [0.2, 0.25) is 0 Å². The van der Waals surface area contributed by atoms with Gasteiger partial charge in [-0.05, 0) is 37.6 Å². The number of nitrogens with zero attached hydrogens (tertiary/aromatic N) is 2. The zero-order chi connectivity index (χ0) is 20.5. The largest absolute Gasteiger partial charge is 0.483 e. The van der Waals surface area contributed by atoms with E-state index >= 15 is 0 Å². The van der Waals surface area contributed by atoms with Gasteiger partial charge in [-0.2, -0.15) is 0 Å². The summed E-state index contributed by atoms with van der Waals surface area (Å²) in [7, 11) is 0. The van der Waals surface area contributed by atoms with Crippen molar-refractivity contribution in [3.8, 4) is 5.75 Å². The van der Waals surface area contributed by atoms with Crippen LogP contribution >= 0.6 is 0 Å². The van der Waals surface area contributed by atoms with Crippen molar-refractivity contribution in [3.63, 3.8) is 0 Å². The lowest BCUT2D eigenvalue weighted by Crippen LogP contribution is -2.37. The summed E-state index contributed by atoms with van der Waals surface area (Å²) in [5.74, 6) is -0.207. The normalized spacial score (nSPS) is 10.2. The van der Waals surface area contributed by atoms with E-state index in [4.69, 9.17) is 4.74 Å². The summed E-state index contributed by atoms with van der Waals surface area (Å²) in [6, 6.07) is 11.8. The van der Waals surface area contributed by atoms with E-state index in [1.54, 1.807) is 0 Å². The lowest BCUT2D eigenvalue weighted by molar-refractivity contribution is -0.384. The number of non-ortho nitro benzene ring substituents is 1. The molecule has 1 N–H and O–H groups in total. The number of hydrogen-bond donors (Lipinski definition) is 1. The fourth-order valence-corrected chi connectivity index (χ4v) is 2.69. The molecular weight excluding hydrogens is 362 g/mol. The van der Waals surface area contributed by atoms with Crippen molar-refractivity contribution in [1.82, 2.24) is 5.32 Å². The molecule has 148 valence electrons. The van der Waals surface area contributed by atoms with Crippen LogP contribution in [0.1, 0.15) is 22.8 Å². The van der Waals surface area contributed by atoms with Crippen molar-refractivity contribution < 1.29 is 19.2 Å². The molecule has 0 atom stereocenters. The number of carbonyl (C=O) groups is 2. The smallest absolute Gasteiger partial charge is 0.270 e. The zero-order valence-electron chi connectivity index (χ0n) is 15.9. The Bertz CT molecular complexity index is 853. The monoisotopic (exact) mass is 385 g/mol. The molecule has 0 radical (unpaired) electrons. The second kappa shape index (κ2) is 10.1. The number of nitrogens with one attached hydrogen (secondary N) is 1. The van der Waals surface area contributed by atoms with Crippen molar-refractivity contribution in [1.29, 1.82) is 0 Å². The average Bonchev–Trinajstić information content (AvgIpc) is 2.69. The highest BCUT2D eigenvalue weighted by Gasteiger charge is 2.13. The molecule has 0 saturated carbocycles. The van der Waals surface area contributed by atoms with Gasteiger partial charge in [0.1, 0.15) is 5.75 Å². The lowest BCUT2D eigenvalue weighted by Gasteiger charge is -2.23. The fraction of sp³-hybridized carbons (Fsp3) is 0.300. The Morgan fingerprint density at radius 3 is 2.71 bits per heavy atom. The fourth-order valence-electron chi connectivity index (χ4n) is 2.69. The second-order valence-electron chi connectivity index (χ2n) is 6.15. The summed E-state index contributed by atoms with van der Waals surface area (Å²) < 4.78 is 5.33. The summed E-state index contributed by atoms with van der Waals surface area (Å²) in [5, 5.41) is 13.5. The van der Waals surface area contributed by atoms with Crippen LogP contribution in [-0.4, -0.2) is 43.4 Å². The van der Waals surface area contributed by atoms with Crippen LogP contribution in [0.3, 0.4) is 0 Å². The molecule has 0 fully saturated rings. The number of nitro groups is 1. The predicted octanol–water partition coefficient (Wildman–Crippen LogP) is 2.74. The number of anilines is 1. The van der Waals surface area contributed by atoms with Crippen LogP contribution in [0.15, 0.2) is 42.5 Å². The van der Waals surface area contributed by atoms with Gasteiger partial charge in [0.25, 0.3) is 11.6 Å². The predicted molar refractivity (Wildman–Crippen MR) is 106 cm³/mol. The SMILES string of the molecule is CCN(CCNC(=O)COc1ccc([N+](=O)[O-])cc1C=O)c1cccc(C)c1. The minimum Gasteiger partial charge on any atom is -0.483 e. The van der Waals surface area contributed by atoms with Crippen molar-refractivity contribution in [3.05, 3.63) is 63.7 Å². The van der Waals surface area contributed by atoms with Crippen molar-refractivity contribution in [2.75, 3.05) is 31.1 Å². The maximum Gasteiger partial charge on any atom is 0.270 e. The van der Waals surface area contributed by atoms with Gasteiger partial charge in [-0.15, -0.1) is 0 Å². The molecule has 0 saturated heterocycles. The summed E-state index contributed by atoms with van der Waals surface area (Å²) in [6.07, 6.45) is 0.460. The van der Waals surface area contributed by atoms with Gasteiger partial charge in [-0.1, -0.05) is 12.1 Å². The first-order valence-corrected chi connectivity index (χ1v) is 8.89. The summed E-state index contributed by atoms with van der Waals surface area (Å²) in [4.78, 5) is 35.4. The minimum atomic E-state index is -0.600. The van der Waals surface area contributed by atoms with Gasteiger partial charge in [0.2, 0.25) is 0 Å². The van der Waals surface area contributed by atoms with E-state index in [1.807, 2.05) is 32.0 Å². The highest BCUT2D eigenvalue weighted by molar-refractivity contribution is 5.82. The highest BCUT2D eigenvalue weighted by atomic mass is 16.6. The second-order valence-corrected chi connectivity index (χ2v) is 6.15. The Morgan fingerprint density at radius 1 is 1.29 bits per heavy atom. The molecule has 2 aromatic carbocycles. The van der Waals surface area contributed by atoms with Gasteiger partial charge >= 0.3 is 0 Å². The number of rotatable bonds is 10. The standard InChI is InChI=1S/C20H23N3O5/c1-3-22(17-6-4-5-15(2)11-17)10-9-21-20(25)14-28-19-8-7-18(23(26)27)12-16(19)13-24/h4-8,11-13H,3,9-10,14H2,1-2H3,(H,21,25). The number of aryl methyl sites for hydroxylation is 1. The van der Waals surface area contributed by atoms with Crippen LogP contribution in [0.4, 0.5) is 11.4 Å². The zero-order valence-corrected chi connectivity index (χ0v) is 15.9. The van der Waals surface area contributed by atoms with E-state index in [2.05, 4.69) is 16.3 Å². The third kappa shape index (κ3) is 5.80. The molecule has 0 spiro atoms. The van der Waals surface area contributed by atoms with Crippen molar-refractivity contribution in [2.45, 2.75) is 13.8 Å². The third-order valence-electron chi connectivity index (χ3n) is 4.14. The third-order valence-corrected chi connectivity index (χ3v) is 4.14. The molecule has 1 amide bonds. The minimum absolute atomic E-state index is 0.0265. The van der Waals surface area contributed by atoms with E-state index in [9.17, 15) is 19.7 Å². The van der Waals surface area contributed by atoms with E-state index in [0.717, 1.165) is 18.3 Å². The van der Waals surface area contributed by atoms with Gasteiger partial charge < -0.3 is 15.0 Å². The maximum absolute atomic E-state index is 12.0. The van der Waals surface area contributed by atoms with Crippen molar-refractivity contribution >= 4 is 23.6 Å². The number of hydrogen-bond acceptors (Lipinski definition) is 6. The number of benzene rings is 2. The van der Waals surface area contributed by atoms with Gasteiger partial charge in [0.05, 0.1) is 10.5 Å². The molecular formula is C20H23N3O5. The van der Waals surface area contributed by atoms with Crippen LogP contribution in [0.25, 0.3) is 0 Å². The van der Waals surface area contributed by atoms with Crippen LogP contribution in [0, 0.1) is 17.0 Å². The number of aldehydes is 1. The average molecular weight is 385 g/mol. The van der Waals surface area contributed by atoms with Crippen molar-refractivity contribution in [2.24, 2.45) is 0 Å². The highest BCUT2D eigenvalue weighted by Crippen LogP contribution is 2.22. The maximum atomic E-state index is 12.0. The van der Waals surface area contributed by atoms with Crippen LogP contribution < -0.4 is 15.0 Å². The van der Waals surface area contributed by atoms with Gasteiger partial charge in [0.15, 0.2) is 12.9 Å². The summed E-state index contributed by atoms with van der Waals surface area (Å²) >= 11 is 0. The molecule has 0 aliphatic carbocycles. The molecule has 28 heavy (non-hydrogen) atoms. The first kappa shape index (κ1) is 20.9. The Kier molecular flexibility index (Phi) is 7.50. The Labute approximate surface area is 163 Å². The van der Waals surface area contributed by atoms with E-state index in [0.29, 0.717) is 19.4 Å². The molecule has 0 heterocycles.